The molecule has 4 rings (SSSR count). The van der Waals surface area contributed by atoms with Gasteiger partial charge in [-0.25, -0.2) is 0 Å². The SMILES string of the molecule is CCCN1CCN(c2ccc(N/C=C3\C(=O)NC(=O)c4ccc(I)cc43)cc2)CC1. The molecule has 0 radical (unpaired) electrons. The van der Waals surface area contributed by atoms with Crippen LogP contribution in [0.1, 0.15) is 29.3 Å². The minimum absolute atomic E-state index is 0.355. The summed E-state index contributed by atoms with van der Waals surface area (Å²) in [6.07, 6.45) is 2.88. The van der Waals surface area contributed by atoms with Crippen LogP contribution < -0.4 is 15.5 Å². The summed E-state index contributed by atoms with van der Waals surface area (Å²) < 4.78 is 0.975. The summed E-state index contributed by atoms with van der Waals surface area (Å²) in [5.41, 5.74) is 3.74. The van der Waals surface area contributed by atoms with E-state index in [1.54, 1.807) is 12.3 Å². The molecule has 1 saturated heterocycles. The number of carbonyl (C=O) groups excluding carboxylic acids is 2. The van der Waals surface area contributed by atoms with Crippen molar-refractivity contribution in [3.8, 4) is 0 Å². The highest BCUT2D eigenvalue weighted by atomic mass is 127. The van der Waals surface area contributed by atoms with Crippen molar-refractivity contribution in [1.82, 2.24) is 10.2 Å². The first-order valence-corrected chi connectivity index (χ1v) is 11.3. The van der Waals surface area contributed by atoms with E-state index in [4.69, 9.17) is 0 Å². The molecule has 0 bridgehead atoms. The number of carbonyl (C=O) groups is 2. The summed E-state index contributed by atoms with van der Waals surface area (Å²) in [5.74, 6) is -0.740. The Balaban J connectivity index is 1.46. The Morgan fingerprint density at radius 3 is 2.43 bits per heavy atom. The predicted molar refractivity (Wildman–Crippen MR) is 129 cm³/mol. The molecule has 0 unspecified atom stereocenters. The van der Waals surface area contributed by atoms with E-state index < -0.39 is 0 Å². The number of rotatable bonds is 5. The number of benzene rings is 2. The summed E-state index contributed by atoms with van der Waals surface area (Å²) in [6, 6.07) is 13.7. The van der Waals surface area contributed by atoms with Crippen LogP contribution in [0.4, 0.5) is 11.4 Å². The van der Waals surface area contributed by atoms with Gasteiger partial charge in [-0.15, -0.1) is 0 Å². The van der Waals surface area contributed by atoms with Crippen LogP contribution >= 0.6 is 22.6 Å². The molecule has 156 valence electrons. The molecular formula is C23H25IN4O2. The van der Waals surface area contributed by atoms with Gasteiger partial charge in [0, 0.05) is 58.5 Å². The van der Waals surface area contributed by atoms with Gasteiger partial charge < -0.3 is 10.2 Å². The first-order chi connectivity index (χ1) is 14.5. The van der Waals surface area contributed by atoms with Crippen molar-refractivity contribution in [2.24, 2.45) is 0 Å². The molecule has 2 aliphatic rings. The highest BCUT2D eigenvalue weighted by Crippen LogP contribution is 2.26. The summed E-state index contributed by atoms with van der Waals surface area (Å²) in [4.78, 5) is 29.4. The quantitative estimate of drug-likeness (QED) is 0.362. The zero-order valence-corrected chi connectivity index (χ0v) is 19.1. The average molecular weight is 516 g/mol. The van der Waals surface area contributed by atoms with E-state index in [0.717, 1.165) is 35.4 Å². The molecule has 0 saturated carbocycles. The molecule has 0 aliphatic carbocycles. The Labute approximate surface area is 190 Å². The number of hydrogen-bond acceptors (Lipinski definition) is 5. The average Bonchev–Trinajstić information content (AvgIpc) is 2.74. The van der Waals surface area contributed by atoms with Crippen molar-refractivity contribution in [2.75, 3.05) is 42.9 Å². The Kier molecular flexibility index (Phi) is 6.38. The molecule has 1 fully saturated rings. The predicted octanol–water partition coefficient (Wildman–Crippen LogP) is 3.55. The van der Waals surface area contributed by atoms with Crippen LogP contribution in [0, 0.1) is 3.57 Å². The van der Waals surface area contributed by atoms with Crippen molar-refractivity contribution in [3.63, 3.8) is 0 Å². The van der Waals surface area contributed by atoms with Crippen LogP contribution in [0.5, 0.6) is 0 Å². The Bertz CT molecular complexity index is 979. The molecule has 30 heavy (non-hydrogen) atoms. The Morgan fingerprint density at radius 1 is 1.00 bits per heavy atom. The maximum absolute atomic E-state index is 12.4. The lowest BCUT2D eigenvalue weighted by Gasteiger charge is -2.36. The van der Waals surface area contributed by atoms with E-state index in [2.05, 4.69) is 62.1 Å². The van der Waals surface area contributed by atoms with Gasteiger partial charge in [0.2, 0.25) is 0 Å². The van der Waals surface area contributed by atoms with Gasteiger partial charge in [-0.1, -0.05) is 6.92 Å². The molecule has 2 heterocycles. The first kappa shape index (κ1) is 20.9. The maximum atomic E-state index is 12.4. The third kappa shape index (κ3) is 4.52. The van der Waals surface area contributed by atoms with Gasteiger partial charge in [0.05, 0.1) is 5.57 Å². The second-order valence-electron chi connectivity index (χ2n) is 7.55. The molecule has 6 nitrogen and oxygen atoms in total. The molecule has 2 amide bonds. The zero-order valence-electron chi connectivity index (χ0n) is 17.0. The summed E-state index contributed by atoms with van der Waals surface area (Å²) in [7, 11) is 0. The second kappa shape index (κ2) is 9.18. The molecule has 2 aliphatic heterocycles. The lowest BCUT2D eigenvalue weighted by Crippen LogP contribution is -2.46. The lowest BCUT2D eigenvalue weighted by atomic mass is 9.95. The highest BCUT2D eigenvalue weighted by Gasteiger charge is 2.27. The van der Waals surface area contributed by atoms with Gasteiger partial charge in [-0.05, 0) is 78.0 Å². The fraction of sp³-hybridized carbons (Fsp3) is 0.304. The van der Waals surface area contributed by atoms with Gasteiger partial charge >= 0.3 is 0 Å². The van der Waals surface area contributed by atoms with E-state index in [0.29, 0.717) is 16.7 Å². The number of nitrogens with zero attached hydrogens (tertiary/aromatic N) is 2. The van der Waals surface area contributed by atoms with E-state index in [9.17, 15) is 9.59 Å². The first-order valence-electron chi connectivity index (χ1n) is 10.2. The Morgan fingerprint density at radius 2 is 1.73 bits per heavy atom. The van der Waals surface area contributed by atoms with Crippen molar-refractivity contribution in [1.29, 1.82) is 0 Å². The minimum atomic E-state index is -0.386. The number of imide groups is 1. The van der Waals surface area contributed by atoms with Crippen molar-refractivity contribution in [2.45, 2.75) is 13.3 Å². The highest BCUT2D eigenvalue weighted by molar-refractivity contribution is 14.1. The third-order valence-corrected chi connectivity index (χ3v) is 6.19. The van der Waals surface area contributed by atoms with Gasteiger partial charge in [-0.2, -0.15) is 0 Å². The second-order valence-corrected chi connectivity index (χ2v) is 8.80. The molecular weight excluding hydrogens is 491 g/mol. The molecule has 0 atom stereocenters. The van der Waals surface area contributed by atoms with Crippen molar-refractivity contribution < 1.29 is 9.59 Å². The van der Waals surface area contributed by atoms with Gasteiger partial charge in [-0.3, -0.25) is 19.8 Å². The smallest absolute Gasteiger partial charge is 0.260 e. The molecule has 7 heteroatoms. The molecule has 2 aromatic carbocycles. The molecule has 2 N–H and O–H groups in total. The van der Waals surface area contributed by atoms with Crippen molar-refractivity contribution >= 4 is 51.4 Å². The molecule has 2 aromatic rings. The maximum Gasteiger partial charge on any atom is 0.260 e. The third-order valence-electron chi connectivity index (χ3n) is 5.52. The van der Waals surface area contributed by atoms with Crippen molar-refractivity contribution in [3.05, 3.63) is 63.4 Å². The summed E-state index contributed by atoms with van der Waals surface area (Å²) >= 11 is 2.18. The minimum Gasteiger partial charge on any atom is -0.369 e. The monoisotopic (exact) mass is 516 g/mol. The number of anilines is 2. The van der Waals surface area contributed by atoms with E-state index in [1.807, 2.05) is 24.3 Å². The van der Waals surface area contributed by atoms with Crippen LogP contribution in [-0.2, 0) is 4.79 Å². The number of nitrogens with one attached hydrogen (secondary N) is 2. The van der Waals surface area contributed by atoms with Crippen LogP contribution in [0.2, 0.25) is 0 Å². The van der Waals surface area contributed by atoms with E-state index in [-0.39, 0.29) is 11.8 Å². The van der Waals surface area contributed by atoms with E-state index >= 15 is 0 Å². The number of hydrogen-bond donors (Lipinski definition) is 2. The number of halogens is 1. The van der Waals surface area contributed by atoms with Crippen LogP contribution in [0.3, 0.4) is 0 Å². The standard InChI is InChI=1S/C23H25IN4O2/c1-2-9-27-10-12-28(13-11-27)18-6-4-17(5-7-18)25-15-21-20-14-16(24)3-8-19(20)22(29)26-23(21)30/h3-8,14-15,25H,2,9-13H2,1H3,(H,26,29,30)/b21-15-. The summed E-state index contributed by atoms with van der Waals surface area (Å²) in [5, 5.41) is 5.62. The van der Waals surface area contributed by atoms with Crippen LogP contribution in [0.25, 0.3) is 5.57 Å². The largest absolute Gasteiger partial charge is 0.369 e. The van der Waals surface area contributed by atoms with Gasteiger partial charge in [0.15, 0.2) is 0 Å². The zero-order chi connectivity index (χ0) is 21.1. The molecule has 0 aromatic heterocycles. The normalized spacial score (nSPS) is 18.3. The number of fused-ring (bicyclic) bond motifs is 1. The number of piperazine rings is 1. The summed E-state index contributed by atoms with van der Waals surface area (Å²) in [6.45, 7) is 7.69. The Hall–Kier alpha value is -2.39. The van der Waals surface area contributed by atoms with Gasteiger partial charge in [0.1, 0.15) is 0 Å². The van der Waals surface area contributed by atoms with Crippen LogP contribution in [0.15, 0.2) is 48.7 Å². The van der Waals surface area contributed by atoms with E-state index in [1.165, 1.54) is 18.7 Å². The molecule has 0 spiro atoms. The fourth-order valence-electron chi connectivity index (χ4n) is 3.91. The lowest BCUT2D eigenvalue weighted by molar-refractivity contribution is -0.114. The topological polar surface area (TPSA) is 64.7 Å². The van der Waals surface area contributed by atoms with Crippen LogP contribution in [-0.4, -0.2) is 49.4 Å². The fourth-order valence-corrected chi connectivity index (χ4v) is 4.40. The number of amides is 2. The van der Waals surface area contributed by atoms with Gasteiger partial charge in [0.25, 0.3) is 11.8 Å².